The van der Waals surface area contributed by atoms with Crippen LogP contribution in [0.4, 0.5) is 0 Å². The molecule has 0 aliphatic rings. The molecule has 0 heterocycles. The first-order chi connectivity index (χ1) is 30.0. The Balaban J connectivity index is 3.43. The van der Waals surface area contributed by atoms with Crippen LogP contribution in [0, 0.1) is 0 Å². The van der Waals surface area contributed by atoms with Gasteiger partial charge in [0, 0.05) is 12.8 Å². The number of aliphatic hydroxyl groups is 2. The van der Waals surface area contributed by atoms with E-state index < -0.39 is 12.1 Å². The van der Waals surface area contributed by atoms with E-state index in [1.54, 1.807) is 0 Å². The molecule has 0 aliphatic heterocycles. The molecule has 6 heteroatoms. The SMILES string of the molecule is CCCCCCCCCCCCCCCCC(=O)OCCCCCCCCCCC/C=C\CCCCCCCC(=O)NC(CO)C(O)CCCCCCCCCCCCCC. The molecule has 0 aromatic carbocycles. The van der Waals surface area contributed by atoms with Gasteiger partial charge in [0.05, 0.1) is 25.4 Å². The third-order valence-electron chi connectivity index (χ3n) is 12.8. The zero-order valence-electron chi connectivity index (χ0n) is 41.2. The van der Waals surface area contributed by atoms with Gasteiger partial charge in [0.25, 0.3) is 0 Å². The standard InChI is InChI=1S/C55H107NO5/c1-3-5-7-9-11-13-15-17-25-29-33-37-41-45-49-55(60)61-50-46-42-38-34-30-26-23-21-19-18-20-22-24-28-32-36-40-44-48-54(59)56-52(51-57)53(58)47-43-39-35-31-27-16-14-12-10-8-6-4-2/h20,22,52-53,57-58H,3-19,21,23-51H2,1-2H3,(H,56,59)/b22-20-. The van der Waals surface area contributed by atoms with Crippen molar-refractivity contribution in [2.45, 2.75) is 315 Å². The third-order valence-corrected chi connectivity index (χ3v) is 12.8. The van der Waals surface area contributed by atoms with Crippen molar-refractivity contribution in [3.05, 3.63) is 12.2 Å². The molecule has 6 nitrogen and oxygen atoms in total. The number of hydrogen-bond donors (Lipinski definition) is 3. The van der Waals surface area contributed by atoms with Crippen molar-refractivity contribution in [2.24, 2.45) is 0 Å². The van der Waals surface area contributed by atoms with Crippen molar-refractivity contribution in [1.82, 2.24) is 5.32 Å². The van der Waals surface area contributed by atoms with Crippen LogP contribution in [-0.4, -0.2) is 47.4 Å². The van der Waals surface area contributed by atoms with Crippen LogP contribution >= 0.6 is 0 Å². The molecular formula is C55H107NO5. The van der Waals surface area contributed by atoms with E-state index in [0.29, 0.717) is 25.9 Å². The lowest BCUT2D eigenvalue weighted by atomic mass is 10.0. The summed E-state index contributed by atoms with van der Waals surface area (Å²) in [6.45, 7) is 4.94. The number of amides is 1. The topological polar surface area (TPSA) is 95.9 Å². The number of nitrogens with one attached hydrogen (secondary N) is 1. The van der Waals surface area contributed by atoms with Crippen LogP contribution in [0.3, 0.4) is 0 Å². The lowest BCUT2D eigenvalue weighted by Crippen LogP contribution is -2.45. The van der Waals surface area contributed by atoms with E-state index >= 15 is 0 Å². The highest BCUT2D eigenvalue weighted by molar-refractivity contribution is 5.76. The molecule has 0 aliphatic carbocycles. The Bertz CT molecular complexity index is 909. The molecule has 0 saturated carbocycles. The summed E-state index contributed by atoms with van der Waals surface area (Å²) in [7, 11) is 0. The smallest absolute Gasteiger partial charge is 0.305 e. The molecule has 2 atom stereocenters. The first kappa shape index (κ1) is 59.6. The first-order valence-corrected chi connectivity index (χ1v) is 27.4. The van der Waals surface area contributed by atoms with Gasteiger partial charge in [-0.25, -0.2) is 0 Å². The maximum Gasteiger partial charge on any atom is 0.305 e. The zero-order valence-corrected chi connectivity index (χ0v) is 41.2. The number of allylic oxidation sites excluding steroid dienone is 2. The largest absolute Gasteiger partial charge is 0.466 e. The number of aliphatic hydroxyl groups excluding tert-OH is 2. The highest BCUT2D eigenvalue weighted by Crippen LogP contribution is 2.17. The lowest BCUT2D eigenvalue weighted by Gasteiger charge is -2.22. The quantitative estimate of drug-likeness (QED) is 0.0322. The van der Waals surface area contributed by atoms with E-state index in [-0.39, 0.29) is 18.5 Å². The van der Waals surface area contributed by atoms with Crippen molar-refractivity contribution in [3.63, 3.8) is 0 Å². The van der Waals surface area contributed by atoms with Gasteiger partial charge < -0.3 is 20.3 Å². The van der Waals surface area contributed by atoms with Gasteiger partial charge in [-0.3, -0.25) is 9.59 Å². The van der Waals surface area contributed by atoms with Crippen LogP contribution < -0.4 is 5.32 Å². The monoisotopic (exact) mass is 862 g/mol. The number of ether oxygens (including phenoxy) is 1. The summed E-state index contributed by atoms with van der Waals surface area (Å²) in [5.41, 5.74) is 0. The summed E-state index contributed by atoms with van der Waals surface area (Å²) in [4.78, 5) is 24.5. The molecule has 1 amide bonds. The van der Waals surface area contributed by atoms with Crippen molar-refractivity contribution in [1.29, 1.82) is 0 Å². The second kappa shape index (κ2) is 51.2. The van der Waals surface area contributed by atoms with Crippen LogP contribution in [0.25, 0.3) is 0 Å². The molecule has 0 spiro atoms. The Morgan fingerprint density at radius 3 is 1.16 bits per heavy atom. The molecule has 0 aromatic rings. The van der Waals surface area contributed by atoms with Gasteiger partial charge in [-0.15, -0.1) is 0 Å². The fourth-order valence-electron chi connectivity index (χ4n) is 8.58. The van der Waals surface area contributed by atoms with Gasteiger partial charge in [0.1, 0.15) is 0 Å². The van der Waals surface area contributed by atoms with Crippen LogP contribution in [0.15, 0.2) is 12.2 Å². The summed E-state index contributed by atoms with van der Waals surface area (Å²) in [6, 6.07) is -0.549. The molecule has 61 heavy (non-hydrogen) atoms. The van der Waals surface area contributed by atoms with Gasteiger partial charge in [0.2, 0.25) is 5.91 Å². The van der Waals surface area contributed by atoms with Crippen molar-refractivity contribution in [2.75, 3.05) is 13.2 Å². The number of hydrogen-bond acceptors (Lipinski definition) is 5. The normalized spacial score (nSPS) is 12.7. The second-order valence-electron chi connectivity index (χ2n) is 18.9. The molecule has 3 N–H and O–H groups in total. The lowest BCUT2D eigenvalue weighted by molar-refractivity contribution is -0.143. The molecule has 0 fully saturated rings. The van der Waals surface area contributed by atoms with Crippen LogP contribution in [0.1, 0.15) is 303 Å². The molecule has 2 unspecified atom stereocenters. The molecule has 0 radical (unpaired) electrons. The zero-order chi connectivity index (χ0) is 44.4. The fourth-order valence-corrected chi connectivity index (χ4v) is 8.58. The molecular weight excluding hydrogens is 755 g/mol. The maximum absolute atomic E-state index is 12.4. The van der Waals surface area contributed by atoms with Crippen molar-refractivity contribution in [3.8, 4) is 0 Å². The minimum atomic E-state index is -0.671. The van der Waals surface area contributed by atoms with Gasteiger partial charge >= 0.3 is 5.97 Å². The average Bonchev–Trinajstić information content (AvgIpc) is 3.26. The predicted molar refractivity (Wildman–Crippen MR) is 264 cm³/mol. The summed E-state index contributed by atoms with van der Waals surface area (Å²) in [6.07, 6.45) is 59.1. The average molecular weight is 862 g/mol. The van der Waals surface area contributed by atoms with E-state index in [0.717, 1.165) is 57.8 Å². The minimum Gasteiger partial charge on any atom is -0.466 e. The highest BCUT2D eigenvalue weighted by Gasteiger charge is 2.20. The predicted octanol–water partition coefficient (Wildman–Crippen LogP) is 16.5. The van der Waals surface area contributed by atoms with Crippen molar-refractivity contribution >= 4 is 11.9 Å². The summed E-state index contributed by atoms with van der Waals surface area (Å²) >= 11 is 0. The van der Waals surface area contributed by atoms with Gasteiger partial charge in [0.15, 0.2) is 0 Å². The maximum atomic E-state index is 12.4. The number of unbranched alkanes of at least 4 members (excludes halogenated alkanes) is 38. The summed E-state index contributed by atoms with van der Waals surface area (Å²) in [5, 5.41) is 23.2. The molecule has 0 saturated heterocycles. The summed E-state index contributed by atoms with van der Waals surface area (Å²) < 4.78 is 5.47. The van der Waals surface area contributed by atoms with Crippen molar-refractivity contribution < 1.29 is 24.5 Å². The van der Waals surface area contributed by atoms with Gasteiger partial charge in [-0.05, 0) is 51.4 Å². The minimum absolute atomic E-state index is 0.00542. The molecule has 0 aromatic heterocycles. The number of esters is 1. The Labute approximate surface area is 380 Å². The number of carbonyl (C=O) groups excluding carboxylic acids is 2. The van der Waals surface area contributed by atoms with Gasteiger partial charge in [-0.2, -0.15) is 0 Å². The van der Waals surface area contributed by atoms with E-state index in [4.69, 9.17) is 4.74 Å². The Morgan fingerprint density at radius 1 is 0.443 bits per heavy atom. The molecule has 0 bridgehead atoms. The highest BCUT2D eigenvalue weighted by atomic mass is 16.5. The Morgan fingerprint density at radius 2 is 0.770 bits per heavy atom. The van der Waals surface area contributed by atoms with Crippen LogP contribution in [-0.2, 0) is 14.3 Å². The Kier molecular flexibility index (Phi) is 50.1. The number of rotatable bonds is 51. The Hall–Kier alpha value is -1.40. The number of carbonyl (C=O) groups is 2. The van der Waals surface area contributed by atoms with Gasteiger partial charge in [-0.1, -0.05) is 251 Å². The molecule has 0 rings (SSSR count). The summed E-state index contributed by atoms with van der Waals surface area (Å²) in [5.74, 6) is -0.0436. The fraction of sp³-hybridized carbons (Fsp3) is 0.927. The van der Waals surface area contributed by atoms with E-state index in [1.807, 2.05) is 0 Å². The van der Waals surface area contributed by atoms with Crippen LogP contribution in [0.2, 0.25) is 0 Å². The van der Waals surface area contributed by atoms with E-state index in [1.165, 1.54) is 212 Å². The van der Waals surface area contributed by atoms with E-state index in [2.05, 4.69) is 31.3 Å². The second-order valence-corrected chi connectivity index (χ2v) is 18.9. The van der Waals surface area contributed by atoms with E-state index in [9.17, 15) is 19.8 Å². The molecule has 362 valence electrons. The third kappa shape index (κ3) is 47.9. The first-order valence-electron chi connectivity index (χ1n) is 27.4. The van der Waals surface area contributed by atoms with Crippen LogP contribution in [0.5, 0.6) is 0 Å².